The van der Waals surface area contributed by atoms with Gasteiger partial charge in [0.05, 0.1) is 0 Å². The Morgan fingerprint density at radius 1 is 1.39 bits per heavy atom. The quantitative estimate of drug-likeness (QED) is 0.945. The number of nitrogens with two attached hydrogens (primary N) is 1. The standard InChI is InChI=1S/C11H10BrF2N3O/c1-5(4-15)10-16-11(18-17-10)9-7(13)2-6(12)3-8(9)14/h2-3,5H,4,15H2,1H3. The van der Waals surface area contributed by atoms with Gasteiger partial charge in [0.1, 0.15) is 17.2 Å². The van der Waals surface area contributed by atoms with Crippen LogP contribution in [0.4, 0.5) is 8.78 Å². The molecule has 0 aliphatic rings. The maximum atomic E-state index is 13.7. The molecule has 1 aromatic carbocycles. The lowest BCUT2D eigenvalue weighted by Crippen LogP contribution is -2.10. The highest BCUT2D eigenvalue weighted by atomic mass is 79.9. The maximum absolute atomic E-state index is 13.7. The van der Waals surface area contributed by atoms with E-state index < -0.39 is 11.6 Å². The smallest absolute Gasteiger partial charge is 0.263 e. The van der Waals surface area contributed by atoms with E-state index in [1.54, 1.807) is 6.92 Å². The monoisotopic (exact) mass is 317 g/mol. The zero-order chi connectivity index (χ0) is 13.3. The molecule has 7 heteroatoms. The normalized spacial score (nSPS) is 12.7. The summed E-state index contributed by atoms with van der Waals surface area (Å²) in [6, 6.07) is 2.27. The van der Waals surface area contributed by atoms with E-state index in [2.05, 4.69) is 26.1 Å². The number of benzene rings is 1. The van der Waals surface area contributed by atoms with Gasteiger partial charge in [-0.15, -0.1) is 0 Å². The van der Waals surface area contributed by atoms with E-state index in [0.717, 1.165) is 12.1 Å². The van der Waals surface area contributed by atoms with E-state index in [1.807, 2.05) is 0 Å². The molecule has 1 heterocycles. The molecule has 1 aromatic heterocycles. The average molecular weight is 318 g/mol. The molecule has 0 saturated carbocycles. The van der Waals surface area contributed by atoms with Crippen LogP contribution in [0.25, 0.3) is 11.5 Å². The molecule has 0 amide bonds. The summed E-state index contributed by atoms with van der Waals surface area (Å²) in [5, 5.41) is 3.66. The topological polar surface area (TPSA) is 64.9 Å². The molecular weight excluding hydrogens is 308 g/mol. The summed E-state index contributed by atoms with van der Waals surface area (Å²) < 4.78 is 32.5. The SMILES string of the molecule is CC(CN)c1noc(-c2c(F)cc(Br)cc2F)n1. The third-order valence-electron chi connectivity index (χ3n) is 2.46. The van der Waals surface area contributed by atoms with Gasteiger partial charge in [-0.05, 0) is 12.1 Å². The lowest BCUT2D eigenvalue weighted by molar-refractivity contribution is 0.413. The second kappa shape index (κ2) is 5.11. The Balaban J connectivity index is 2.46. The Kier molecular flexibility index (Phi) is 3.72. The number of nitrogens with zero attached hydrogens (tertiary/aromatic N) is 2. The van der Waals surface area contributed by atoms with E-state index >= 15 is 0 Å². The first-order valence-electron chi connectivity index (χ1n) is 5.21. The number of hydrogen-bond donors (Lipinski definition) is 1. The van der Waals surface area contributed by atoms with Crippen LogP contribution >= 0.6 is 15.9 Å². The fourth-order valence-corrected chi connectivity index (χ4v) is 1.79. The van der Waals surface area contributed by atoms with Crippen molar-refractivity contribution in [1.82, 2.24) is 10.1 Å². The Labute approximate surface area is 110 Å². The second-order valence-corrected chi connectivity index (χ2v) is 4.75. The van der Waals surface area contributed by atoms with Gasteiger partial charge in [0.2, 0.25) is 0 Å². The molecule has 96 valence electrons. The zero-order valence-electron chi connectivity index (χ0n) is 9.45. The number of rotatable bonds is 3. The first kappa shape index (κ1) is 13.1. The summed E-state index contributed by atoms with van der Waals surface area (Å²) in [4.78, 5) is 3.95. The predicted molar refractivity (Wildman–Crippen MR) is 64.8 cm³/mol. The van der Waals surface area contributed by atoms with E-state index in [1.165, 1.54) is 0 Å². The van der Waals surface area contributed by atoms with Gasteiger partial charge in [-0.25, -0.2) is 8.78 Å². The summed E-state index contributed by atoms with van der Waals surface area (Å²) in [5.74, 6) is -1.53. The molecular formula is C11H10BrF2N3O. The van der Waals surface area contributed by atoms with Crippen LogP contribution in [-0.4, -0.2) is 16.7 Å². The maximum Gasteiger partial charge on any atom is 0.263 e. The van der Waals surface area contributed by atoms with Gasteiger partial charge in [0.25, 0.3) is 5.89 Å². The van der Waals surface area contributed by atoms with E-state index in [0.29, 0.717) is 16.8 Å². The summed E-state index contributed by atoms with van der Waals surface area (Å²) in [7, 11) is 0. The molecule has 0 aliphatic heterocycles. The molecule has 0 fully saturated rings. The van der Waals surface area contributed by atoms with Crippen molar-refractivity contribution in [2.45, 2.75) is 12.8 Å². The highest BCUT2D eigenvalue weighted by Gasteiger charge is 2.20. The largest absolute Gasteiger partial charge is 0.334 e. The van der Waals surface area contributed by atoms with Gasteiger partial charge in [0.15, 0.2) is 5.82 Å². The number of halogens is 3. The third-order valence-corrected chi connectivity index (χ3v) is 2.91. The lowest BCUT2D eigenvalue weighted by atomic mass is 10.1. The second-order valence-electron chi connectivity index (χ2n) is 3.84. The van der Waals surface area contributed by atoms with E-state index in [9.17, 15) is 8.78 Å². The third kappa shape index (κ3) is 2.41. The van der Waals surface area contributed by atoms with Crippen molar-refractivity contribution in [2.75, 3.05) is 6.54 Å². The fourth-order valence-electron chi connectivity index (χ4n) is 1.39. The summed E-state index contributed by atoms with van der Waals surface area (Å²) in [5.41, 5.74) is 5.12. The van der Waals surface area contributed by atoms with Gasteiger partial charge in [0, 0.05) is 16.9 Å². The van der Waals surface area contributed by atoms with Gasteiger partial charge >= 0.3 is 0 Å². The minimum atomic E-state index is -0.766. The first-order chi connectivity index (χ1) is 8.52. The molecule has 2 rings (SSSR count). The van der Waals surface area contributed by atoms with Crippen molar-refractivity contribution < 1.29 is 13.3 Å². The van der Waals surface area contributed by atoms with Crippen molar-refractivity contribution >= 4 is 15.9 Å². The molecule has 1 unspecified atom stereocenters. The Bertz CT molecular complexity index is 550. The lowest BCUT2D eigenvalue weighted by Gasteiger charge is -2.01. The number of aromatic nitrogens is 2. The minimum Gasteiger partial charge on any atom is -0.334 e. The van der Waals surface area contributed by atoms with Gasteiger partial charge in [-0.1, -0.05) is 28.0 Å². The molecule has 0 spiro atoms. The van der Waals surface area contributed by atoms with Crippen LogP contribution < -0.4 is 5.73 Å². The minimum absolute atomic E-state index is 0.135. The zero-order valence-corrected chi connectivity index (χ0v) is 11.0. The molecule has 4 nitrogen and oxygen atoms in total. The highest BCUT2D eigenvalue weighted by molar-refractivity contribution is 9.10. The van der Waals surface area contributed by atoms with Gasteiger partial charge in [-0.3, -0.25) is 0 Å². The Hall–Kier alpha value is -1.34. The van der Waals surface area contributed by atoms with Crippen LogP contribution in [0, 0.1) is 11.6 Å². The van der Waals surface area contributed by atoms with Gasteiger partial charge < -0.3 is 10.3 Å². The number of hydrogen-bond acceptors (Lipinski definition) is 4. The van der Waals surface area contributed by atoms with E-state index in [-0.39, 0.29) is 17.4 Å². The van der Waals surface area contributed by atoms with Crippen LogP contribution in [0.5, 0.6) is 0 Å². The summed E-state index contributed by atoms with van der Waals surface area (Å²) in [6.07, 6.45) is 0. The van der Waals surface area contributed by atoms with Crippen molar-refractivity contribution in [3.05, 3.63) is 34.1 Å². The van der Waals surface area contributed by atoms with Crippen molar-refractivity contribution in [2.24, 2.45) is 5.73 Å². The molecule has 1 atom stereocenters. The average Bonchev–Trinajstić information content (AvgIpc) is 2.76. The summed E-state index contributed by atoms with van der Waals surface area (Å²) in [6.45, 7) is 2.12. The molecule has 0 aliphatic carbocycles. The molecule has 0 radical (unpaired) electrons. The van der Waals surface area contributed by atoms with Crippen LogP contribution in [-0.2, 0) is 0 Å². The van der Waals surface area contributed by atoms with Crippen molar-refractivity contribution in [3.8, 4) is 11.5 Å². The van der Waals surface area contributed by atoms with Crippen LogP contribution in [0.2, 0.25) is 0 Å². The molecule has 2 aromatic rings. The highest BCUT2D eigenvalue weighted by Crippen LogP contribution is 2.28. The van der Waals surface area contributed by atoms with Crippen LogP contribution in [0.15, 0.2) is 21.1 Å². The molecule has 2 N–H and O–H groups in total. The summed E-state index contributed by atoms with van der Waals surface area (Å²) >= 11 is 3.00. The van der Waals surface area contributed by atoms with Crippen LogP contribution in [0.1, 0.15) is 18.7 Å². The predicted octanol–water partition coefficient (Wildman–Crippen LogP) is 2.84. The Morgan fingerprint density at radius 3 is 2.56 bits per heavy atom. The Morgan fingerprint density at radius 2 is 2.00 bits per heavy atom. The first-order valence-corrected chi connectivity index (χ1v) is 6.00. The molecule has 0 saturated heterocycles. The van der Waals surface area contributed by atoms with Crippen LogP contribution in [0.3, 0.4) is 0 Å². The fraction of sp³-hybridized carbons (Fsp3) is 0.273. The molecule has 18 heavy (non-hydrogen) atoms. The van der Waals surface area contributed by atoms with Crippen molar-refractivity contribution in [3.63, 3.8) is 0 Å². The van der Waals surface area contributed by atoms with Crippen molar-refractivity contribution in [1.29, 1.82) is 0 Å². The molecule has 0 bridgehead atoms. The van der Waals surface area contributed by atoms with Gasteiger partial charge in [-0.2, -0.15) is 4.98 Å². The van der Waals surface area contributed by atoms with E-state index in [4.69, 9.17) is 10.3 Å².